The predicted molar refractivity (Wildman–Crippen MR) is 238 cm³/mol. The van der Waals surface area contributed by atoms with Crippen molar-refractivity contribution < 1.29 is 6.85 Å². The van der Waals surface area contributed by atoms with E-state index in [0.29, 0.717) is 22.8 Å². The number of benzene rings is 8. The van der Waals surface area contributed by atoms with Crippen LogP contribution < -0.4 is 0 Å². The molecule has 5 nitrogen and oxygen atoms in total. The molecule has 0 N–H and O–H groups in total. The highest BCUT2D eigenvalue weighted by Crippen LogP contribution is 2.45. The molecule has 4 heterocycles. The highest BCUT2D eigenvalue weighted by Gasteiger charge is 2.23. The molecule has 0 atom stereocenters. The second-order valence-corrected chi connectivity index (χ2v) is 15.1. The average Bonchev–Trinajstić information content (AvgIpc) is 3.98. The summed E-state index contributed by atoms with van der Waals surface area (Å²) in [4.78, 5) is 14.4. The van der Waals surface area contributed by atoms with Crippen molar-refractivity contribution in [3.63, 3.8) is 0 Å². The zero-order chi connectivity index (χ0) is 41.8. The third-order valence-corrected chi connectivity index (χ3v) is 12.0. The van der Waals surface area contributed by atoms with Gasteiger partial charge in [0.1, 0.15) is 0 Å². The Kier molecular flexibility index (Phi) is 6.00. The number of rotatable bonds is 5. The minimum Gasteiger partial charge on any atom is -0.309 e. The molecule has 0 saturated carbocycles. The molecule has 57 heavy (non-hydrogen) atoms. The lowest BCUT2D eigenvalue weighted by Crippen LogP contribution is -2.00. The van der Waals surface area contributed by atoms with Gasteiger partial charge in [-0.2, -0.15) is 0 Å². The van der Waals surface area contributed by atoms with E-state index in [9.17, 15) is 0 Å². The smallest absolute Gasteiger partial charge is 0.164 e. The Hall–Kier alpha value is -7.41. The Morgan fingerprint density at radius 2 is 1.07 bits per heavy atom. The summed E-state index contributed by atoms with van der Waals surface area (Å²) in [5.74, 6) is 0.679. The molecule has 0 aliphatic carbocycles. The SMILES string of the molecule is [2H]c1c([2H])c([2H])c(-c2nc(-c3ccccc3)nc(-c3ccc4c(c3)sc3cccc(-n5c6ccccc6c6ccc7c(c8ccccc8n7-c7ccccc7)c65)c34)n2)c([2H])c1[2H]. The fourth-order valence-electron chi connectivity index (χ4n) is 8.44. The van der Waals surface area contributed by atoms with Crippen molar-refractivity contribution in [1.29, 1.82) is 0 Å². The number of aromatic nitrogens is 5. The van der Waals surface area contributed by atoms with E-state index in [2.05, 4.69) is 135 Å². The van der Waals surface area contributed by atoms with Gasteiger partial charge in [0.05, 0.1) is 34.6 Å². The number of para-hydroxylation sites is 3. The monoisotopic (exact) mass is 750 g/mol. The first-order valence-electron chi connectivity index (χ1n) is 21.2. The maximum Gasteiger partial charge on any atom is 0.164 e. The van der Waals surface area contributed by atoms with Gasteiger partial charge in [0.2, 0.25) is 0 Å². The molecule has 266 valence electrons. The van der Waals surface area contributed by atoms with E-state index in [4.69, 9.17) is 16.8 Å². The van der Waals surface area contributed by atoms with E-state index >= 15 is 0 Å². The molecule has 0 fully saturated rings. The second-order valence-electron chi connectivity index (χ2n) is 14.0. The molecular weight excluding hydrogens is 715 g/mol. The molecule has 8 aromatic carbocycles. The number of fused-ring (bicyclic) bond motifs is 10. The minimum atomic E-state index is -0.472. The molecule has 4 aromatic heterocycles. The van der Waals surface area contributed by atoms with Crippen LogP contribution in [0.3, 0.4) is 0 Å². The van der Waals surface area contributed by atoms with Crippen molar-refractivity contribution in [3.8, 4) is 45.5 Å². The maximum absolute atomic E-state index is 8.72. The molecule has 0 unspecified atom stereocenters. The Labute approximate surface area is 338 Å². The van der Waals surface area contributed by atoms with Crippen molar-refractivity contribution in [2.24, 2.45) is 0 Å². The van der Waals surface area contributed by atoms with Crippen molar-refractivity contribution in [3.05, 3.63) is 188 Å². The van der Waals surface area contributed by atoms with Gasteiger partial charge in [-0.05, 0) is 48.5 Å². The normalized spacial score (nSPS) is 13.1. The number of hydrogen-bond acceptors (Lipinski definition) is 4. The van der Waals surface area contributed by atoms with Gasteiger partial charge in [0, 0.05) is 64.1 Å². The summed E-state index contributed by atoms with van der Waals surface area (Å²) in [5.41, 5.74) is 8.09. The number of thiophene rings is 1. The summed E-state index contributed by atoms with van der Waals surface area (Å²) in [6, 6.07) is 52.4. The lowest BCUT2D eigenvalue weighted by atomic mass is 10.1. The highest BCUT2D eigenvalue weighted by atomic mass is 32.1. The van der Waals surface area contributed by atoms with Crippen LogP contribution in [0, 0.1) is 0 Å². The zero-order valence-electron chi connectivity index (χ0n) is 35.2. The standard InChI is InChI=1S/C51H31N5S/c1-4-15-32(16-5-1)49-52-50(33-17-6-2-7-18-33)54-51(53-49)34-27-28-39-45(31-34)57-44-26-14-25-42(46(39)44)56-40-23-12-10-21-36(40)37-29-30-43-47(48(37)56)38-22-11-13-24-41(38)55(43)35-19-8-3-9-20-35/h1-31H/i1D,4D,5D,15D,16D. The van der Waals surface area contributed by atoms with Crippen LogP contribution in [0.1, 0.15) is 6.85 Å². The summed E-state index contributed by atoms with van der Waals surface area (Å²) in [7, 11) is 0. The van der Waals surface area contributed by atoms with Crippen LogP contribution >= 0.6 is 11.3 Å². The van der Waals surface area contributed by atoms with Gasteiger partial charge in [-0.3, -0.25) is 0 Å². The first kappa shape index (κ1) is 27.2. The summed E-state index contributed by atoms with van der Waals surface area (Å²) in [5, 5.41) is 6.95. The van der Waals surface area contributed by atoms with Crippen LogP contribution in [-0.4, -0.2) is 24.1 Å². The van der Waals surface area contributed by atoms with Crippen LogP contribution in [0.15, 0.2) is 188 Å². The molecule has 0 spiro atoms. The minimum absolute atomic E-state index is 0.0101. The molecule has 0 bridgehead atoms. The van der Waals surface area contributed by atoms with E-state index in [1.54, 1.807) is 11.3 Å². The molecule has 12 rings (SSSR count). The van der Waals surface area contributed by atoms with Crippen LogP contribution in [0.4, 0.5) is 0 Å². The van der Waals surface area contributed by atoms with Gasteiger partial charge in [0.25, 0.3) is 0 Å². The topological polar surface area (TPSA) is 48.5 Å². The molecule has 0 aliphatic heterocycles. The van der Waals surface area contributed by atoms with Gasteiger partial charge in [-0.1, -0.05) is 139 Å². The van der Waals surface area contributed by atoms with Crippen molar-refractivity contribution in [2.75, 3.05) is 0 Å². The largest absolute Gasteiger partial charge is 0.309 e. The fourth-order valence-corrected chi connectivity index (χ4v) is 9.61. The van der Waals surface area contributed by atoms with Gasteiger partial charge in [-0.15, -0.1) is 11.3 Å². The first-order valence-corrected chi connectivity index (χ1v) is 19.5. The van der Waals surface area contributed by atoms with E-state index in [0.717, 1.165) is 53.6 Å². The molecule has 6 heteroatoms. The van der Waals surface area contributed by atoms with Gasteiger partial charge >= 0.3 is 0 Å². The van der Waals surface area contributed by atoms with Crippen LogP contribution in [0.25, 0.3) is 109 Å². The van der Waals surface area contributed by atoms with Crippen LogP contribution in [0.2, 0.25) is 0 Å². The van der Waals surface area contributed by atoms with Crippen molar-refractivity contribution in [1.82, 2.24) is 24.1 Å². The van der Waals surface area contributed by atoms with Crippen LogP contribution in [-0.2, 0) is 0 Å². The maximum atomic E-state index is 8.72. The number of nitrogens with zero attached hydrogens (tertiary/aromatic N) is 5. The Bertz CT molecular complexity index is 3790. The zero-order valence-corrected chi connectivity index (χ0v) is 31.0. The Balaban J connectivity index is 1.11. The van der Waals surface area contributed by atoms with E-state index in [-0.39, 0.29) is 23.5 Å². The molecule has 12 aromatic rings. The van der Waals surface area contributed by atoms with E-state index in [1.165, 1.54) is 21.5 Å². The van der Waals surface area contributed by atoms with Crippen molar-refractivity contribution in [2.45, 2.75) is 0 Å². The Morgan fingerprint density at radius 3 is 1.86 bits per heavy atom. The molecule has 0 amide bonds. The summed E-state index contributed by atoms with van der Waals surface area (Å²) in [6.07, 6.45) is 0. The van der Waals surface area contributed by atoms with Crippen LogP contribution in [0.5, 0.6) is 0 Å². The first-order chi connectivity index (χ1) is 30.4. The van der Waals surface area contributed by atoms with Crippen molar-refractivity contribution >= 4 is 75.1 Å². The second kappa shape index (κ2) is 12.6. The lowest BCUT2D eigenvalue weighted by molar-refractivity contribution is 1.07. The van der Waals surface area contributed by atoms with Gasteiger partial charge in [-0.25, -0.2) is 15.0 Å². The average molecular weight is 751 g/mol. The molecule has 0 saturated heterocycles. The molecular formula is C51H31N5S. The van der Waals surface area contributed by atoms with E-state index < -0.39 is 18.1 Å². The van der Waals surface area contributed by atoms with Gasteiger partial charge < -0.3 is 9.13 Å². The lowest BCUT2D eigenvalue weighted by Gasteiger charge is -2.12. The summed E-state index contributed by atoms with van der Waals surface area (Å²) in [6.45, 7) is 0. The quantitative estimate of drug-likeness (QED) is 0.176. The third-order valence-electron chi connectivity index (χ3n) is 10.8. The molecule has 0 aliphatic rings. The predicted octanol–water partition coefficient (Wildman–Crippen LogP) is 13.4. The van der Waals surface area contributed by atoms with E-state index in [1.807, 2.05) is 36.4 Å². The third kappa shape index (κ3) is 4.91. The molecule has 0 radical (unpaired) electrons. The Morgan fingerprint density at radius 1 is 0.421 bits per heavy atom. The summed E-state index contributed by atoms with van der Waals surface area (Å²) >= 11 is 1.69. The van der Waals surface area contributed by atoms with Gasteiger partial charge in [0.15, 0.2) is 17.5 Å². The fraction of sp³-hybridized carbons (Fsp3) is 0. The highest BCUT2D eigenvalue weighted by molar-refractivity contribution is 7.26. The number of hydrogen-bond donors (Lipinski definition) is 0. The summed E-state index contributed by atoms with van der Waals surface area (Å²) < 4.78 is 49.3.